The second-order valence-corrected chi connectivity index (χ2v) is 7.99. The number of rotatable bonds is 8. The lowest BCUT2D eigenvalue weighted by Gasteiger charge is -2.28. The number of halogens is 1. The van der Waals surface area contributed by atoms with Gasteiger partial charge in [0.25, 0.3) is 0 Å². The van der Waals surface area contributed by atoms with Crippen molar-refractivity contribution in [2.75, 3.05) is 41.8 Å². The van der Waals surface area contributed by atoms with Gasteiger partial charge in [-0.2, -0.15) is 0 Å². The molecule has 1 aliphatic rings. The highest BCUT2D eigenvalue weighted by Gasteiger charge is 2.12. The number of ether oxygens (including phenoxy) is 1. The maximum atomic E-state index is 11.5. The maximum Gasteiger partial charge on any atom is 0.221 e. The molecule has 1 fully saturated rings. The Kier molecular flexibility index (Phi) is 7.09. The number of hydrogen-bond acceptors (Lipinski definition) is 6. The van der Waals surface area contributed by atoms with Gasteiger partial charge in [-0.25, -0.2) is 4.98 Å². The molecular formula is C24H26ClN5O2. The third kappa shape index (κ3) is 5.69. The lowest BCUT2D eigenvalue weighted by molar-refractivity contribution is -0.117. The summed E-state index contributed by atoms with van der Waals surface area (Å²) in [5.74, 6) is 0.256. The van der Waals surface area contributed by atoms with Crippen LogP contribution in [0, 0.1) is 0 Å². The van der Waals surface area contributed by atoms with Crippen molar-refractivity contribution in [1.29, 1.82) is 0 Å². The molecule has 166 valence electrons. The van der Waals surface area contributed by atoms with E-state index in [0.717, 1.165) is 48.8 Å². The SMILES string of the molecule is NC(=O)Cc1cnc(Nc2ccc(N3CCOCC3)cc2)cc1NCc1ccccc1Cl. The van der Waals surface area contributed by atoms with Gasteiger partial charge in [0.2, 0.25) is 5.91 Å². The predicted octanol–water partition coefficient (Wildman–Crippen LogP) is 3.96. The van der Waals surface area contributed by atoms with E-state index in [1.54, 1.807) is 6.20 Å². The smallest absolute Gasteiger partial charge is 0.221 e. The minimum atomic E-state index is -0.410. The molecule has 0 saturated carbocycles. The maximum absolute atomic E-state index is 11.5. The van der Waals surface area contributed by atoms with Gasteiger partial charge in [0.1, 0.15) is 5.82 Å². The first-order valence-electron chi connectivity index (χ1n) is 10.5. The van der Waals surface area contributed by atoms with Gasteiger partial charge in [-0.3, -0.25) is 4.79 Å². The van der Waals surface area contributed by atoms with Crippen molar-refractivity contribution in [3.63, 3.8) is 0 Å². The van der Waals surface area contributed by atoms with E-state index in [-0.39, 0.29) is 6.42 Å². The largest absolute Gasteiger partial charge is 0.381 e. The summed E-state index contributed by atoms with van der Waals surface area (Å²) in [6, 6.07) is 17.8. The summed E-state index contributed by atoms with van der Waals surface area (Å²) in [5, 5.41) is 7.38. The van der Waals surface area contributed by atoms with Crippen LogP contribution < -0.4 is 21.3 Å². The molecule has 0 aliphatic carbocycles. The van der Waals surface area contributed by atoms with Crippen molar-refractivity contribution in [2.45, 2.75) is 13.0 Å². The number of carbonyl (C=O) groups excluding carboxylic acids is 1. The molecular weight excluding hydrogens is 426 g/mol. The van der Waals surface area contributed by atoms with Crippen LogP contribution in [-0.2, 0) is 22.5 Å². The molecule has 0 atom stereocenters. The Hall–Kier alpha value is -3.29. The van der Waals surface area contributed by atoms with E-state index in [1.165, 1.54) is 5.69 Å². The van der Waals surface area contributed by atoms with Gasteiger partial charge in [0, 0.05) is 59.5 Å². The summed E-state index contributed by atoms with van der Waals surface area (Å²) >= 11 is 6.27. The molecule has 3 aromatic rings. The highest BCUT2D eigenvalue weighted by molar-refractivity contribution is 6.31. The third-order valence-corrected chi connectivity index (χ3v) is 5.66. The first kappa shape index (κ1) is 21.9. The average Bonchev–Trinajstić information content (AvgIpc) is 2.81. The van der Waals surface area contributed by atoms with Crippen LogP contribution in [0.2, 0.25) is 5.02 Å². The van der Waals surface area contributed by atoms with E-state index in [1.807, 2.05) is 42.5 Å². The molecule has 4 N–H and O–H groups in total. The molecule has 0 spiro atoms. The number of anilines is 4. The fourth-order valence-corrected chi connectivity index (χ4v) is 3.80. The Morgan fingerprint density at radius 2 is 1.84 bits per heavy atom. The number of aromatic nitrogens is 1. The van der Waals surface area contributed by atoms with Crippen LogP contribution in [0.1, 0.15) is 11.1 Å². The van der Waals surface area contributed by atoms with Crippen molar-refractivity contribution in [1.82, 2.24) is 4.98 Å². The summed E-state index contributed by atoms with van der Waals surface area (Å²) in [6.07, 6.45) is 1.77. The number of carbonyl (C=O) groups is 1. The van der Waals surface area contributed by atoms with Crippen LogP contribution in [-0.4, -0.2) is 37.2 Å². The minimum Gasteiger partial charge on any atom is -0.381 e. The zero-order valence-corrected chi connectivity index (χ0v) is 18.4. The van der Waals surface area contributed by atoms with E-state index in [2.05, 4.69) is 32.7 Å². The van der Waals surface area contributed by atoms with Crippen molar-refractivity contribution in [3.05, 3.63) is 76.9 Å². The zero-order valence-electron chi connectivity index (χ0n) is 17.7. The number of nitrogens with zero attached hydrogens (tertiary/aromatic N) is 2. The fraction of sp³-hybridized carbons (Fsp3) is 0.250. The Balaban J connectivity index is 1.49. The summed E-state index contributed by atoms with van der Waals surface area (Å²) in [5.41, 5.74) is 10.00. The number of hydrogen-bond donors (Lipinski definition) is 3. The van der Waals surface area contributed by atoms with Gasteiger partial charge in [-0.05, 0) is 35.9 Å². The molecule has 8 heteroatoms. The first-order chi connectivity index (χ1) is 15.6. The molecule has 1 aromatic heterocycles. The zero-order chi connectivity index (χ0) is 22.3. The van der Waals surface area contributed by atoms with Gasteiger partial charge < -0.3 is 26.0 Å². The molecule has 32 heavy (non-hydrogen) atoms. The predicted molar refractivity (Wildman–Crippen MR) is 129 cm³/mol. The highest BCUT2D eigenvalue weighted by atomic mass is 35.5. The van der Waals surface area contributed by atoms with Gasteiger partial charge in [0.05, 0.1) is 19.6 Å². The first-order valence-corrected chi connectivity index (χ1v) is 10.9. The van der Waals surface area contributed by atoms with E-state index in [4.69, 9.17) is 22.1 Å². The third-order valence-electron chi connectivity index (χ3n) is 5.29. The Morgan fingerprint density at radius 1 is 1.09 bits per heavy atom. The molecule has 1 aliphatic heterocycles. The summed E-state index contributed by atoms with van der Waals surface area (Å²) < 4.78 is 5.42. The number of amides is 1. The Morgan fingerprint density at radius 3 is 2.56 bits per heavy atom. The van der Waals surface area contributed by atoms with Gasteiger partial charge in [0.15, 0.2) is 0 Å². The molecule has 2 aromatic carbocycles. The topological polar surface area (TPSA) is 92.5 Å². The Bertz CT molecular complexity index is 1070. The molecule has 2 heterocycles. The van der Waals surface area contributed by atoms with Crippen molar-refractivity contribution in [3.8, 4) is 0 Å². The van der Waals surface area contributed by atoms with Crippen LogP contribution >= 0.6 is 11.6 Å². The van der Waals surface area contributed by atoms with Gasteiger partial charge >= 0.3 is 0 Å². The van der Waals surface area contributed by atoms with E-state index in [9.17, 15) is 4.79 Å². The molecule has 0 bridgehead atoms. The van der Waals surface area contributed by atoms with Crippen LogP contribution in [0.25, 0.3) is 0 Å². The average molecular weight is 452 g/mol. The Labute approximate surface area is 192 Å². The standard InChI is InChI=1S/C24H26ClN5O2/c25-21-4-2-1-3-17(21)15-27-22-14-24(28-16-18(22)13-23(26)31)29-19-5-7-20(8-6-19)30-9-11-32-12-10-30/h1-8,14,16H,9-13,15H2,(H2,26,31)(H2,27,28,29). The molecule has 0 unspecified atom stereocenters. The molecule has 7 nitrogen and oxygen atoms in total. The van der Waals surface area contributed by atoms with E-state index >= 15 is 0 Å². The monoisotopic (exact) mass is 451 g/mol. The van der Waals surface area contributed by atoms with Gasteiger partial charge in [-0.15, -0.1) is 0 Å². The number of nitrogens with one attached hydrogen (secondary N) is 2. The van der Waals surface area contributed by atoms with Crippen LogP contribution in [0.3, 0.4) is 0 Å². The number of benzene rings is 2. The number of morpholine rings is 1. The number of nitrogens with two attached hydrogens (primary N) is 1. The highest BCUT2D eigenvalue weighted by Crippen LogP contribution is 2.25. The summed E-state index contributed by atoms with van der Waals surface area (Å²) in [4.78, 5) is 18.3. The molecule has 4 rings (SSSR count). The second kappa shape index (κ2) is 10.3. The lowest BCUT2D eigenvalue weighted by atomic mass is 10.1. The van der Waals surface area contributed by atoms with Crippen molar-refractivity contribution in [2.24, 2.45) is 5.73 Å². The fourth-order valence-electron chi connectivity index (χ4n) is 3.60. The summed E-state index contributed by atoms with van der Waals surface area (Å²) in [7, 11) is 0. The van der Waals surface area contributed by atoms with Crippen LogP contribution in [0.4, 0.5) is 22.9 Å². The van der Waals surface area contributed by atoms with Crippen LogP contribution in [0.15, 0.2) is 60.8 Å². The van der Waals surface area contributed by atoms with Crippen molar-refractivity contribution < 1.29 is 9.53 Å². The second-order valence-electron chi connectivity index (χ2n) is 7.59. The molecule has 1 amide bonds. The van der Waals surface area contributed by atoms with E-state index < -0.39 is 5.91 Å². The van der Waals surface area contributed by atoms with Crippen LogP contribution in [0.5, 0.6) is 0 Å². The minimum absolute atomic E-state index is 0.104. The van der Waals surface area contributed by atoms with Gasteiger partial charge in [-0.1, -0.05) is 29.8 Å². The normalized spacial score (nSPS) is 13.6. The quantitative estimate of drug-likeness (QED) is 0.480. The lowest BCUT2D eigenvalue weighted by Crippen LogP contribution is -2.36. The van der Waals surface area contributed by atoms with E-state index in [0.29, 0.717) is 17.4 Å². The number of pyridine rings is 1. The summed E-state index contributed by atoms with van der Waals surface area (Å²) in [6.45, 7) is 3.83. The number of primary amides is 1. The van der Waals surface area contributed by atoms with Crippen molar-refractivity contribution >= 4 is 40.4 Å². The molecule has 0 radical (unpaired) electrons. The molecule has 1 saturated heterocycles.